The van der Waals surface area contributed by atoms with Gasteiger partial charge in [-0.3, -0.25) is 5.41 Å². The van der Waals surface area contributed by atoms with Gasteiger partial charge in [0.2, 0.25) is 13.6 Å². The molecule has 0 amide bonds. The Hall–Kier alpha value is -5.12. The number of anilines is 1. The minimum absolute atomic E-state index is 0.0827. The first-order valence-electron chi connectivity index (χ1n) is 18.4. The number of nitrogens with two attached hydrogens (primary N) is 1. The van der Waals surface area contributed by atoms with Gasteiger partial charge in [0.15, 0.2) is 61.4 Å². The highest BCUT2D eigenvalue weighted by atomic mass is 79.9. The summed E-state index contributed by atoms with van der Waals surface area (Å²) in [5.74, 6) is 2.27. The average molecular weight is 1050 g/mol. The molecule has 6 heterocycles. The van der Waals surface area contributed by atoms with E-state index in [1.54, 1.807) is 28.8 Å². The Balaban J connectivity index is 0.000000158. The fourth-order valence-corrected chi connectivity index (χ4v) is 9.95. The molecule has 0 radical (unpaired) electrons. The summed E-state index contributed by atoms with van der Waals surface area (Å²) in [7, 11) is 0. The standard InChI is InChI=1S/2C20H14BrClFN5O2S/c21-11-6-14-15(30-9-29-14)7-16(11)31-20-26-17-18(24)25-8-28(19(17)27-20)5-4-10-12(22)2-1-3-13(10)23;21-11-6-14-15(30-9-29-14)7-16(11)31-20-27-17-18(24)25-8-26-19(17)28(20)5-4-10-12(22)2-1-3-13(10)23/h1-3,6-8,24H,4-5,9H2,(H,26,27);1-3,6-8H,4-5,9H2,(H2,24,25,26). The van der Waals surface area contributed by atoms with Gasteiger partial charge in [-0.15, -0.1) is 0 Å². The molecule has 4 aromatic heterocycles. The lowest BCUT2D eigenvalue weighted by molar-refractivity contribution is 0.173. The van der Waals surface area contributed by atoms with Crippen molar-refractivity contribution < 1.29 is 27.7 Å². The molecule has 0 fully saturated rings. The molecule has 0 aliphatic carbocycles. The number of halogens is 6. The highest BCUT2D eigenvalue weighted by Crippen LogP contribution is 2.44. The van der Waals surface area contributed by atoms with Gasteiger partial charge in [-0.05, 0) is 93.2 Å². The van der Waals surface area contributed by atoms with Crippen LogP contribution >= 0.6 is 78.6 Å². The van der Waals surface area contributed by atoms with E-state index in [0.717, 1.165) is 18.7 Å². The van der Waals surface area contributed by atoms with Gasteiger partial charge in [-0.2, -0.15) is 0 Å². The van der Waals surface area contributed by atoms with Crippen molar-refractivity contribution in [2.75, 3.05) is 19.3 Å². The lowest BCUT2D eigenvalue weighted by Gasteiger charge is -2.11. The van der Waals surface area contributed by atoms with Crippen LogP contribution in [0.1, 0.15) is 11.1 Å². The largest absolute Gasteiger partial charge is 0.454 e. The highest BCUT2D eigenvalue weighted by Gasteiger charge is 2.22. The summed E-state index contributed by atoms with van der Waals surface area (Å²) >= 11 is 22.3. The topological polar surface area (TPSA) is 177 Å². The van der Waals surface area contributed by atoms with E-state index in [1.807, 2.05) is 28.8 Å². The minimum atomic E-state index is -0.348. The minimum Gasteiger partial charge on any atom is -0.454 e. The number of benzene rings is 4. The number of hydrogen-bond acceptors (Lipinski definition) is 13. The van der Waals surface area contributed by atoms with Crippen LogP contribution in [0.4, 0.5) is 14.6 Å². The number of aromatic amines is 1. The number of H-pyrrole nitrogens is 1. The number of imidazole rings is 2. The Morgan fingerprint density at radius 3 is 1.95 bits per heavy atom. The monoisotopic (exact) mass is 1040 g/mol. The van der Waals surface area contributed by atoms with Crippen LogP contribution in [-0.4, -0.2) is 52.6 Å². The van der Waals surface area contributed by atoms with Crippen molar-refractivity contribution in [3.05, 3.63) is 121 Å². The Morgan fingerprint density at radius 1 is 0.758 bits per heavy atom. The smallest absolute Gasteiger partial charge is 0.231 e. The van der Waals surface area contributed by atoms with Gasteiger partial charge in [0, 0.05) is 53.0 Å². The fourth-order valence-electron chi connectivity index (χ4n) is 6.54. The molecule has 0 unspecified atom stereocenters. The number of hydrogen-bond donors (Lipinski definition) is 3. The molecule has 2 aliphatic heterocycles. The predicted octanol–water partition coefficient (Wildman–Crippen LogP) is 10.0. The van der Waals surface area contributed by atoms with Gasteiger partial charge in [-0.1, -0.05) is 58.9 Å². The molecule has 0 saturated heterocycles. The van der Waals surface area contributed by atoms with Crippen molar-refractivity contribution in [3.8, 4) is 23.0 Å². The van der Waals surface area contributed by atoms with Crippen molar-refractivity contribution in [2.24, 2.45) is 0 Å². The summed E-state index contributed by atoms with van der Waals surface area (Å²) in [4.78, 5) is 26.7. The van der Waals surface area contributed by atoms with E-state index >= 15 is 0 Å². The molecule has 0 saturated carbocycles. The van der Waals surface area contributed by atoms with Crippen molar-refractivity contribution in [1.29, 1.82) is 5.41 Å². The van der Waals surface area contributed by atoms with Crippen molar-refractivity contribution in [1.82, 2.24) is 39.0 Å². The maximum atomic E-state index is 14.3. The number of ether oxygens (including phenoxy) is 4. The molecule has 0 atom stereocenters. The molecule has 316 valence electrons. The molecular formula is C40H28Br2Cl2F2N10O4S2. The molecule has 0 bridgehead atoms. The van der Waals surface area contributed by atoms with E-state index in [0.29, 0.717) is 103 Å². The van der Waals surface area contributed by atoms with Gasteiger partial charge in [-0.25, -0.2) is 33.7 Å². The van der Waals surface area contributed by atoms with Crippen LogP contribution in [0.25, 0.3) is 22.3 Å². The Morgan fingerprint density at radius 2 is 1.34 bits per heavy atom. The molecule has 14 nitrogen and oxygen atoms in total. The van der Waals surface area contributed by atoms with E-state index in [2.05, 4.69) is 61.8 Å². The SMILES string of the molecule is N=c1ncn(CCc2c(F)cccc2Cl)c2nc(Sc3cc4c(cc3Br)OCO4)[nH]c12.Nc1ncnc2c1nc(Sc1cc3c(cc1Br)OCO3)n2CCc1c(F)cccc1Cl. The molecule has 4 aromatic carbocycles. The number of rotatable bonds is 10. The molecule has 62 heavy (non-hydrogen) atoms. The first-order chi connectivity index (χ1) is 30.0. The molecular weight excluding hydrogens is 1020 g/mol. The maximum absolute atomic E-state index is 14.3. The molecule has 8 aromatic rings. The number of nitrogens with one attached hydrogen (secondary N) is 2. The van der Waals surface area contributed by atoms with E-state index in [4.69, 9.17) is 53.3 Å². The number of nitrogens with zero attached hydrogens (tertiary/aromatic N) is 7. The van der Waals surface area contributed by atoms with E-state index in [1.165, 1.54) is 48.3 Å². The zero-order valence-electron chi connectivity index (χ0n) is 31.6. The highest BCUT2D eigenvalue weighted by molar-refractivity contribution is 9.10. The van der Waals surface area contributed by atoms with Crippen LogP contribution in [0.15, 0.2) is 102 Å². The summed E-state index contributed by atoms with van der Waals surface area (Å²) in [6.45, 7) is 1.19. The quantitative estimate of drug-likeness (QED) is 0.118. The first kappa shape index (κ1) is 42.2. The molecule has 4 N–H and O–H groups in total. The molecule has 0 spiro atoms. The van der Waals surface area contributed by atoms with E-state index in [9.17, 15) is 8.78 Å². The molecule has 2 aliphatic rings. The van der Waals surface area contributed by atoms with Crippen molar-refractivity contribution >= 4 is 107 Å². The van der Waals surface area contributed by atoms with Crippen LogP contribution in [0.5, 0.6) is 23.0 Å². The van der Waals surface area contributed by atoms with Crippen molar-refractivity contribution in [2.45, 2.75) is 46.0 Å². The molecule has 10 rings (SSSR count). The van der Waals surface area contributed by atoms with Gasteiger partial charge >= 0.3 is 0 Å². The third-order valence-corrected chi connectivity index (χ3v) is 14.1. The summed E-state index contributed by atoms with van der Waals surface area (Å²) in [5, 5.41) is 10.1. The second-order valence-electron chi connectivity index (χ2n) is 13.4. The van der Waals surface area contributed by atoms with Gasteiger partial charge in [0.1, 0.15) is 23.5 Å². The number of aryl methyl sites for hydroxylation is 2. The normalized spacial score (nSPS) is 12.6. The van der Waals surface area contributed by atoms with E-state index < -0.39 is 0 Å². The average Bonchev–Trinajstić information content (AvgIpc) is 4.06. The van der Waals surface area contributed by atoms with E-state index in [-0.39, 0.29) is 36.5 Å². The van der Waals surface area contributed by atoms with Crippen LogP contribution < -0.4 is 30.2 Å². The lowest BCUT2D eigenvalue weighted by atomic mass is 10.1. The van der Waals surface area contributed by atoms with Gasteiger partial charge in [0.25, 0.3) is 0 Å². The van der Waals surface area contributed by atoms with Crippen molar-refractivity contribution in [3.63, 3.8) is 0 Å². The Labute approximate surface area is 385 Å². The van der Waals surface area contributed by atoms with Gasteiger partial charge in [0.05, 0.1) is 6.33 Å². The Kier molecular flexibility index (Phi) is 12.2. The maximum Gasteiger partial charge on any atom is 0.231 e. The number of fused-ring (bicyclic) bond motifs is 4. The van der Waals surface area contributed by atoms with Gasteiger partial charge < -0.3 is 38.8 Å². The predicted molar refractivity (Wildman–Crippen MR) is 236 cm³/mol. The van der Waals surface area contributed by atoms with Crippen LogP contribution in [0, 0.1) is 17.0 Å². The summed E-state index contributed by atoms with van der Waals surface area (Å²) in [5.41, 5.74) is 9.11. The summed E-state index contributed by atoms with van der Waals surface area (Å²) < 4.78 is 55.5. The first-order valence-corrected chi connectivity index (χ1v) is 22.3. The Bertz CT molecular complexity index is 3060. The second-order valence-corrected chi connectivity index (χ2v) is 17.9. The third-order valence-electron chi connectivity index (χ3n) is 9.60. The second kappa shape index (κ2) is 17.9. The van der Waals surface area contributed by atoms with Crippen LogP contribution in [0.3, 0.4) is 0 Å². The zero-order chi connectivity index (χ0) is 43.1. The molecule has 22 heteroatoms. The fraction of sp³-hybridized carbons (Fsp3) is 0.150. The number of nitrogen functional groups attached to an aromatic ring is 1. The van der Waals surface area contributed by atoms with Crippen LogP contribution in [-0.2, 0) is 25.9 Å². The summed E-state index contributed by atoms with van der Waals surface area (Å²) in [6, 6.07) is 16.7. The van der Waals surface area contributed by atoms with Crippen LogP contribution in [0.2, 0.25) is 10.0 Å². The number of aromatic nitrogens is 8. The third kappa shape index (κ3) is 8.63. The lowest BCUT2D eigenvalue weighted by Crippen LogP contribution is -2.14. The summed E-state index contributed by atoms with van der Waals surface area (Å²) in [6.07, 6.45) is 3.64. The zero-order valence-corrected chi connectivity index (χ0v) is 37.9.